The molecule has 1 unspecified atom stereocenters. The van der Waals surface area contributed by atoms with E-state index >= 15 is 0 Å². The summed E-state index contributed by atoms with van der Waals surface area (Å²) in [6.45, 7) is 2.46. The van der Waals surface area contributed by atoms with Gasteiger partial charge in [0.2, 0.25) is 0 Å². The van der Waals surface area contributed by atoms with Crippen LogP contribution in [-0.2, 0) is 0 Å². The molecule has 3 heteroatoms. The number of nitrogens with one attached hydrogen (secondary N) is 2. The highest BCUT2D eigenvalue weighted by Crippen LogP contribution is 2.05. The Labute approximate surface area is 72.0 Å². The fraction of sp³-hybridized carbons (Fsp3) is 0.714. The third-order valence-electron chi connectivity index (χ3n) is 2.13. The molecule has 2 aliphatic heterocycles. The standard InChI is InChI=1S/C7H12N2.BrH/c1-3-7-4-2-6-9(7)8-5-1;/h3,8H,1-2,4-6H2;1H. The average Bonchev–Trinajstić information content (AvgIpc) is 2.33. The second-order valence-electron chi connectivity index (χ2n) is 2.78. The molecule has 2 rings (SSSR count). The lowest BCUT2D eigenvalue weighted by molar-refractivity contribution is -0.900. The lowest BCUT2D eigenvalue weighted by Crippen LogP contribution is -3.15. The van der Waals surface area contributed by atoms with Crippen molar-refractivity contribution in [1.29, 1.82) is 0 Å². The molecule has 2 N–H and O–H groups in total. The van der Waals surface area contributed by atoms with Crippen molar-refractivity contribution >= 4 is 0 Å². The SMILES string of the molecule is C1=C2CCC[NH+]2NCC1.[Br-]. The van der Waals surface area contributed by atoms with Crippen molar-refractivity contribution < 1.29 is 22.0 Å². The molecule has 1 fully saturated rings. The Morgan fingerprint density at radius 2 is 2.40 bits per heavy atom. The predicted molar refractivity (Wildman–Crippen MR) is 35.8 cm³/mol. The summed E-state index contributed by atoms with van der Waals surface area (Å²) in [5.74, 6) is 0. The van der Waals surface area contributed by atoms with E-state index < -0.39 is 0 Å². The fourth-order valence-corrected chi connectivity index (χ4v) is 1.66. The first-order valence-electron chi connectivity index (χ1n) is 3.76. The van der Waals surface area contributed by atoms with Crippen LogP contribution in [0.5, 0.6) is 0 Å². The number of allylic oxidation sites excluding steroid dienone is 1. The third kappa shape index (κ3) is 1.41. The zero-order chi connectivity index (χ0) is 6.10. The summed E-state index contributed by atoms with van der Waals surface area (Å²) in [4.78, 5) is 0. The summed E-state index contributed by atoms with van der Waals surface area (Å²) >= 11 is 0. The minimum atomic E-state index is 0. The van der Waals surface area contributed by atoms with E-state index in [0.29, 0.717) is 0 Å². The summed E-state index contributed by atoms with van der Waals surface area (Å²) in [7, 11) is 0. The molecule has 2 heterocycles. The van der Waals surface area contributed by atoms with Gasteiger partial charge in [-0.2, -0.15) is 5.43 Å². The van der Waals surface area contributed by atoms with Crippen LogP contribution in [-0.4, -0.2) is 13.1 Å². The van der Waals surface area contributed by atoms with Crippen LogP contribution in [0.4, 0.5) is 0 Å². The molecule has 1 saturated heterocycles. The van der Waals surface area contributed by atoms with Gasteiger partial charge in [0, 0.05) is 19.4 Å². The van der Waals surface area contributed by atoms with E-state index in [1.165, 1.54) is 37.4 Å². The fourth-order valence-electron chi connectivity index (χ4n) is 1.66. The second kappa shape index (κ2) is 3.51. The van der Waals surface area contributed by atoms with Gasteiger partial charge in [-0.1, -0.05) is 0 Å². The Kier molecular flexibility index (Phi) is 2.89. The molecule has 0 aliphatic carbocycles. The molecule has 1 atom stereocenters. The molecule has 0 bridgehead atoms. The number of quaternary nitrogens is 1. The van der Waals surface area contributed by atoms with Crippen molar-refractivity contribution in [2.75, 3.05) is 13.1 Å². The Balaban J connectivity index is 0.000000500. The maximum atomic E-state index is 3.43. The Bertz CT molecular complexity index is 145. The number of halogens is 1. The molecule has 2 aliphatic rings. The van der Waals surface area contributed by atoms with Crippen LogP contribution < -0.4 is 27.4 Å². The summed E-state index contributed by atoms with van der Waals surface area (Å²) in [5, 5.41) is 1.53. The summed E-state index contributed by atoms with van der Waals surface area (Å²) in [6.07, 6.45) is 6.31. The van der Waals surface area contributed by atoms with Gasteiger partial charge in [0.1, 0.15) is 5.70 Å². The molecule has 10 heavy (non-hydrogen) atoms. The summed E-state index contributed by atoms with van der Waals surface area (Å²) in [5.41, 5.74) is 5.03. The molecule has 0 amide bonds. The van der Waals surface area contributed by atoms with E-state index in [9.17, 15) is 0 Å². The monoisotopic (exact) mass is 204 g/mol. The van der Waals surface area contributed by atoms with Crippen molar-refractivity contribution in [3.8, 4) is 0 Å². The highest BCUT2D eigenvalue weighted by atomic mass is 79.9. The van der Waals surface area contributed by atoms with Crippen LogP contribution in [0, 0.1) is 0 Å². The zero-order valence-corrected chi connectivity index (χ0v) is 7.58. The smallest absolute Gasteiger partial charge is 0.123 e. The minimum absolute atomic E-state index is 0. The van der Waals surface area contributed by atoms with Crippen molar-refractivity contribution in [1.82, 2.24) is 5.43 Å². The zero-order valence-electron chi connectivity index (χ0n) is 5.99. The molecule has 2 nitrogen and oxygen atoms in total. The first-order chi connectivity index (χ1) is 4.47. The van der Waals surface area contributed by atoms with Gasteiger partial charge in [0.05, 0.1) is 6.54 Å². The third-order valence-corrected chi connectivity index (χ3v) is 2.13. The van der Waals surface area contributed by atoms with Crippen LogP contribution in [0.3, 0.4) is 0 Å². The molecule has 0 aromatic carbocycles. The first kappa shape index (κ1) is 8.24. The first-order valence-corrected chi connectivity index (χ1v) is 3.76. The molecule has 0 aromatic heterocycles. The number of hydrogen-bond acceptors (Lipinski definition) is 1. The molecule has 0 saturated carbocycles. The molecule has 0 aromatic rings. The highest BCUT2D eigenvalue weighted by molar-refractivity contribution is 4.95. The summed E-state index contributed by atoms with van der Waals surface area (Å²) in [6, 6.07) is 0. The topological polar surface area (TPSA) is 16.5 Å². The molecule has 58 valence electrons. The summed E-state index contributed by atoms with van der Waals surface area (Å²) < 4.78 is 0. The van der Waals surface area contributed by atoms with Gasteiger partial charge in [-0.05, 0) is 12.5 Å². The van der Waals surface area contributed by atoms with Crippen molar-refractivity contribution in [3.63, 3.8) is 0 Å². The van der Waals surface area contributed by atoms with Gasteiger partial charge in [0.15, 0.2) is 0 Å². The van der Waals surface area contributed by atoms with Gasteiger partial charge in [-0.25, -0.2) is 5.01 Å². The van der Waals surface area contributed by atoms with Gasteiger partial charge in [-0.15, -0.1) is 0 Å². The van der Waals surface area contributed by atoms with E-state index in [1.54, 1.807) is 5.70 Å². The van der Waals surface area contributed by atoms with Crippen molar-refractivity contribution in [3.05, 3.63) is 11.8 Å². The maximum absolute atomic E-state index is 3.43. The number of fused-ring (bicyclic) bond motifs is 1. The van der Waals surface area contributed by atoms with Crippen LogP contribution >= 0.6 is 0 Å². The second-order valence-corrected chi connectivity index (χ2v) is 2.78. The lowest BCUT2D eigenvalue weighted by Gasteiger charge is -2.17. The Hall–Kier alpha value is 0.140. The van der Waals surface area contributed by atoms with Crippen LogP contribution in [0.2, 0.25) is 0 Å². The van der Waals surface area contributed by atoms with Gasteiger partial charge >= 0.3 is 0 Å². The molecule has 0 spiro atoms. The van der Waals surface area contributed by atoms with E-state index in [1.807, 2.05) is 0 Å². The van der Waals surface area contributed by atoms with Gasteiger partial charge in [-0.3, -0.25) is 0 Å². The van der Waals surface area contributed by atoms with E-state index in [0.717, 1.165) is 0 Å². The van der Waals surface area contributed by atoms with E-state index in [2.05, 4.69) is 11.5 Å². The highest BCUT2D eigenvalue weighted by Gasteiger charge is 2.24. The lowest BCUT2D eigenvalue weighted by atomic mass is 10.2. The average molecular weight is 205 g/mol. The Morgan fingerprint density at radius 3 is 3.20 bits per heavy atom. The quantitative estimate of drug-likeness (QED) is 0.419. The Morgan fingerprint density at radius 1 is 1.50 bits per heavy atom. The minimum Gasteiger partial charge on any atom is -1.00 e. The van der Waals surface area contributed by atoms with Crippen LogP contribution in [0.1, 0.15) is 19.3 Å². The van der Waals surface area contributed by atoms with Crippen molar-refractivity contribution in [2.24, 2.45) is 0 Å². The van der Waals surface area contributed by atoms with Crippen LogP contribution in [0.15, 0.2) is 11.8 Å². The maximum Gasteiger partial charge on any atom is 0.123 e. The van der Waals surface area contributed by atoms with Crippen LogP contribution in [0.25, 0.3) is 0 Å². The largest absolute Gasteiger partial charge is 1.00 e. The normalized spacial score (nSPS) is 30.4. The van der Waals surface area contributed by atoms with Gasteiger partial charge in [0.25, 0.3) is 0 Å². The van der Waals surface area contributed by atoms with Crippen molar-refractivity contribution in [2.45, 2.75) is 19.3 Å². The predicted octanol–water partition coefficient (Wildman–Crippen LogP) is -3.54. The number of rotatable bonds is 0. The molecular weight excluding hydrogens is 192 g/mol. The molecular formula is C7H13BrN2. The van der Waals surface area contributed by atoms with E-state index in [4.69, 9.17) is 0 Å². The van der Waals surface area contributed by atoms with E-state index in [-0.39, 0.29) is 17.0 Å². The number of hydrogen-bond donors (Lipinski definition) is 2. The molecule has 0 radical (unpaired) electrons. The van der Waals surface area contributed by atoms with Gasteiger partial charge < -0.3 is 17.0 Å².